The highest BCUT2D eigenvalue weighted by atomic mass is 19.2. The van der Waals surface area contributed by atoms with Crippen molar-refractivity contribution < 1.29 is 23.0 Å². The number of hydrogen-bond donors (Lipinski definition) is 2. The topological polar surface area (TPSA) is 59.6 Å². The summed E-state index contributed by atoms with van der Waals surface area (Å²) in [6.45, 7) is 1.29. The first-order valence-electron chi connectivity index (χ1n) is 9.35. The number of amides is 2. The predicted molar refractivity (Wildman–Crippen MR) is 88.4 cm³/mol. The van der Waals surface area contributed by atoms with E-state index in [1.54, 1.807) is 0 Å². The molecule has 7 heteroatoms. The lowest BCUT2D eigenvalue weighted by atomic mass is 9.87. The normalized spacial score (nSPS) is 40.2. The number of carbonyl (C=O) groups excluding carboxylic acids is 1. The Morgan fingerprint density at radius 3 is 2.81 bits per heavy atom. The minimum absolute atomic E-state index is 0.0720. The van der Waals surface area contributed by atoms with Gasteiger partial charge in [0.25, 0.3) is 0 Å². The molecule has 4 aliphatic rings. The molecule has 5 rings (SSSR count). The third-order valence-electron chi connectivity index (χ3n) is 6.55. The number of nitrogens with one attached hydrogen (secondary N) is 2. The standard InChI is InChI=1S/C19H22F2N2O3/c20-13-2-1-9(7-14(13)21)17-15(3-4-25-17)22-19(24)23-16-10-5-11-8-26-18(16)12(11)6-10/h1-2,7,10-12,15-18H,3-6,8H2,(H2,22,23,24)/t10?,11?,12?,15-,16?,17+,18?/m1/s1. The summed E-state index contributed by atoms with van der Waals surface area (Å²) in [7, 11) is 0. The average Bonchev–Trinajstić information content (AvgIpc) is 3.33. The van der Waals surface area contributed by atoms with Gasteiger partial charge >= 0.3 is 6.03 Å². The molecule has 0 aromatic heterocycles. The molecule has 2 bridgehead atoms. The number of ether oxygens (including phenoxy) is 2. The first-order valence-corrected chi connectivity index (χ1v) is 9.35. The summed E-state index contributed by atoms with van der Waals surface area (Å²) in [5.74, 6) is -0.0245. The van der Waals surface area contributed by atoms with Crippen LogP contribution in [0, 0.1) is 29.4 Å². The lowest BCUT2D eigenvalue weighted by Crippen LogP contribution is -2.52. The van der Waals surface area contributed by atoms with Gasteiger partial charge in [0.15, 0.2) is 11.6 Å². The molecule has 0 radical (unpaired) electrons. The number of urea groups is 1. The van der Waals surface area contributed by atoms with E-state index in [-0.39, 0.29) is 24.2 Å². The maximum Gasteiger partial charge on any atom is 0.315 e. The second-order valence-corrected chi connectivity index (χ2v) is 7.96. The molecule has 2 aliphatic heterocycles. The van der Waals surface area contributed by atoms with Crippen molar-refractivity contribution in [3.8, 4) is 0 Å². The summed E-state index contributed by atoms with van der Waals surface area (Å²) in [5, 5.41) is 6.05. The van der Waals surface area contributed by atoms with Gasteiger partial charge in [-0.2, -0.15) is 0 Å². The molecular weight excluding hydrogens is 342 g/mol. The molecule has 2 amide bonds. The molecule has 7 atom stereocenters. The third-order valence-corrected chi connectivity index (χ3v) is 6.55. The highest BCUT2D eigenvalue weighted by molar-refractivity contribution is 5.75. The van der Waals surface area contributed by atoms with E-state index >= 15 is 0 Å². The van der Waals surface area contributed by atoms with Gasteiger partial charge in [0.2, 0.25) is 0 Å². The van der Waals surface area contributed by atoms with Gasteiger partial charge in [-0.1, -0.05) is 6.07 Å². The van der Waals surface area contributed by atoms with Crippen LogP contribution in [0.5, 0.6) is 0 Å². The number of halogens is 2. The zero-order valence-electron chi connectivity index (χ0n) is 14.3. The van der Waals surface area contributed by atoms with Crippen molar-refractivity contribution in [3.05, 3.63) is 35.4 Å². The van der Waals surface area contributed by atoms with Gasteiger partial charge in [-0.3, -0.25) is 0 Å². The highest BCUT2D eigenvalue weighted by Crippen LogP contribution is 2.53. The maximum absolute atomic E-state index is 13.5. The molecule has 1 aromatic carbocycles. The molecular formula is C19H22F2N2O3. The average molecular weight is 364 g/mol. The molecule has 2 heterocycles. The first kappa shape index (κ1) is 16.4. The van der Waals surface area contributed by atoms with E-state index in [1.165, 1.54) is 6.07 Å². The van der Waals surface area contributed by atoms with Crippen LogP contribution in [0.25, 0.3) is 0 Å². The van der Waals surface area contributed by atoms with E-state index in [0.29, 0.717) is 36.3 Å². The zero-order valence-corrected chi connectivity index (χ0v) is 14.3. The van der Waals surface area contributed by atoms with Crippen molar-refractivity contribution in [2.75, 3.05) is 13.2 Å². The van der Waals surface area contributed by atoms with Gasteiger partial charge in [-0.05, 0) is 54.7 Å². The smallest absolute Gasteiger partial charge is 0.315 e. The van der Waals surface area contributed by atoms with Crippen molar-refractivity contribution in [2.24, 2.45) is 17.8 Å². The predicted octanol–water partition coefficient (Wildman–Crippen LogP) is 2.52. The molecule has 2 saturated heterocycles. The Hall–Kier alpha value is -1.73. The Morgan fingerprint density at radius 1 is 1.08 bits per heavy atom. The van der Waals surface area contributed by atoms with Crippen LogP contribution in [0.1, 0.15) is 30.9 Å². The van der Waals surface area contributed by atoms with Crippen LogP contribution in [0.15, 0.2) is 18.2 Å². The van der Waals surface area contributed by atoms with Crippen molar-refractivity contribution in [3.63, 3.8) is 0 Å². The molecule has 26 heavy (non-hydrogen) atoms. The van der Waals surface area contributed by atoms with E-state index in [9.17, 15) is 13.6 Å². The largest absolute Gasteiger partial charge is 0.375 e. The number of fused-ring (bicyclic) bond motifs is 1. The Bertz CT molecular complexity index is 729. The lowest BCUT2D eigenvalue weighted by molar-refractivity contribution is 0.0774. The Balaban J connectivity index is 1.24. The van der Waals surface area contributed by atoms with E-state index in [0.717, 1.165) is 31.6 Å². The van der Waals surface area contributed by atoms with E-state index in [2.05, 4.69) is 10.6 Å². The molecule has 5 unspecified atom stereocenters. The summed E-state index contributed by atoms with van der Waals surface area (Å²) in [6.07, 6.45) is 2.59. The molecule has 2 N–H and O–H groups in total. The van der Waals surface area contributed by atoms with Gasteiger partial charge in [-0.25, -0.2) is 13.6 Å². The van der Waals surface area contributed by atoms with Gasteiger partial charge in [-0.15, -0.1) is 0 Å². The summed E-state index contributed by atoms with van der Waals surface area (Å²) in [6, 6.07) is 3.30. The van der Waals surface area contributed by atoms with Crippen LogP contribution in [0.3, 0.4) is 0 Å². The fourth-order valence-electron chi connectivity index (χ4n) is 5.40. The highest BCUT2D eigenvalue weighted by Gasteiger charge is 2.57. The van der Waals surface area contributed by atoms with Gasteiger partial charge in [0.1, 0.15) is 6.10 Å². The second kappa shape index (κ2) is 6.16. The number of carbonyl (C=O) groups is 1. The number of benzene rings is 1. The Morgan fingerprint density at radius 2 is 1.96 bits per heavy atom. The fraction of sp³-hybridized carbons (Fsp3) is 0.632. The van der Waals surface area contributed by atoms with Crippen LogP contribution in [-0.2, 0) is 9.47 Å². The number of hydrogen-bond acceptors (Lipinski definition) is 3. The summed E-state index contributed by atoms with van der Waals surface area (Å²) in [4.78, 5) is 12.5. The van der Waals surface area contributed by atoms with Crippen molar-refractivity contribution in [1.29, 1.82) is 0 Å². The van der Waals surface area contributed by atoms with Crippen LogP contribution in [-0.4, -0.2) is 37.4 Å². The molecule has 0 spiro atoms. The third kappa shape index (κ3) is 2.60. The SMILES string of the molecule is O=C(NC1C2CC3COC1C3C2)N[C@@H]1CCO[C@H]1c1ccc(F)c(F)c1. The van der Waals surface area contributed by atoms with Crippen LogP contribution in [0.4, 0.5) is 13.6 Å². The van der Waals surface area contributed by atoms with Crippen molar-refractivity contribution >= 4 is 6.03 Å². The van der Waals surface area contributed by atoms with Gasteiger partial charge < -0.3 is 20.1 Å². The molecule has 1 aromatic rings. The zero-order chi connectivity index (χ0) is 17.8. The first-order chi connectivity index (χ1) is 12.6. The maximum atomic E-state index is 13.5. The molecule has 5 nitrogen and oxygen atoms in total. The van der Waals surface area contributed by atoms with Crippen LogP contribution in [0.2, 0.25) is 0 Å². The monoisotopic (exact) mass is 364 g/mol. The van der Waals surface area contributed by atoms with Crippen LogP contribution >= 0.6 is 0 Å². The Kier molecular flexibility index (Phi) is 3.90. The summed E-state index contributed by atoms with van der Waals surface area (Å²) in [5.41, 5.74) is 0.536. The second-order valence-electron chi connectivity index (χ2n) is 7.96. The molecule has 4 fully saturated rings. The summed E-state index contributed by atoms with van der Waals surface area (Å²) < 4.78 is 38.2. The number of rotatable bonds is 3. The van der Waals surface area contributed by atoms with Crippen LogP contribution < -0.4 is 10.6 Å². The van der Waals surface area contributed by atoms with Gasteiger partial charge in [0.05, 0.1) is 24.8 Å². The lowest BCUT2D eigenvalue weighted by Gasteiger charge is -2.29. The van der Waals surface area contributed by atoms with E-state index in [1.807, 2.05) is 0 Å². The quantitative estimate of drug-likeness (QED) is 0.867. The molecule has 140 valence electrons. The van der Waals surface area contributed by atoms with E-state index in [4.69, 9.17) is 9.47 Å². The molecule has 2 saturated carbocycles. The Labute approximate surface area is 150 Å². The van der Waals surface area contributed by atoms with Crippen molar-refractivity contribution in [1.82, 2.24) is 10.6 Å². The van der Waals surface area contributed by atoms with Gasteiger partial charge in [0, 0.05) is 6.61 Å². The minimum Gasteiger partial charge on any atom is -0.375 e. The summed E-state index contributed by atoms with van der Waals surface area (Å²) >= 11 is 0. The molecule has 2 aliphatic carbocycles. The fourth-order valence-corrected chi connectivity index (χ4v) is 5.40. The minimum atomic E-state index is -0.906. The van der Waals surface area contributed by atoms with Crippen molar-refractivity contribution in [2.45, 2.75) is 43.6 Å². The van der Waals surface area contributed by atoms with E-state index < -0.39 is 17.7 Å².